The molecule has 88 valence electrons. The molecular weight excluding hydrogens is 202 g/mol. The van der Waals surface area contributed by atoms with Crippen molar-refractivity contribution in [3.63, 3.8) is 0 Å². The standard InChI is InChI=1S/C12H19N3O/c1-4-7-15-9-10(2)8-14(3)12(16)11(15)5-6-13/h4,10-11H,1,5,7-9H2,2-3H3. The summed E-state index contributed by atoms with van der Waals surface area (Å²) in [5, 5.41) is 8.79. The van der Waals surface area contributed by atoms with Gasteiger partial charge in [-0.3, -0.25) is 9.69 Å². The van der Waals surface area contributed by atoms with E-state index in [1.54, 1.807) is 18.0 Å². The summed E-state index contributed by atoms with van der Waals surface area (Å²) < 4.78 is 0. The number of hydrogen-bond donors (Lipinski definition) is 0. The zero-order valence-corrected chi connectivity index (χ0v) is 10.0. The van der Waals surface area contributed by atoms with Crippen LogP contribution in [0, 0.1) is 17.2 Å². The Morgan fingerprint density at radius 3 is 2.88 bits per heavy atom. The molecule has 0 aromatic heterocycles. The highest BCUT2D eigenvalue weighted by Crippen LogP contribution is 2.16. The van der Waals surface area contributed by atoms with Crippen molar-refractivity contribution < 1.29 is 4.79 Å². The Hall–Kier alpha value is -1.34. The molecule has 1 aliphatic rings. The fraction of sp³-hybridized carbons (Fsp3) is 0.667. The quantitative estimate of drug-likeness (QED) is 0.664. The lowest BCUT2D eigenvalue weighted by Crippen LogP contribution is -2.44. The molecular formula is C12H19N3O. The van der Waals surface area contributed by atoms with E-state index in [-0.39, 0.29) is 18.4 Å². The van der Waals surface area contributed by atoms with Gasteiger partial charge < -0.3 is 4.90 Å². The first-order chi connectivity index (χ1) is 7.60. The number of nitriles is 1. The van der Waals surface area contributed by atoms with E-state index in [4.69, 9.17) is 5.26 Å². The lowest BCUT2D eigenvalue weighted by atomic mass is 10.1. The van der Waals surface area contributed by atoms with Gasteiger partial charge in [-0.05, 0) is 5.92 Å². The zero-order chi connectivity index (χ0) is 12.1. The molecule has 0 N–H and O–H groups in total. The van der Waals surface area contributed by atoms with Gasteiger partial charge in [-0.2, -0.15) is 5.26 Å². The Morgan fingerprint density at radius 2 is 2.31 bits per heavy atom. The van der Waals surface area contributed by atoms with E-state index in [0.29, 0.717) is 12.5 Å². The van der Waals surface area contributed by atoms with Gasteiger partial charge in [0.15, 0.2) is 0 Å². The molecule has 1 aliphatic heterocycles. The molecule has 0 saturated carbocycles. The number of amides is 1. The van der Waals surface area contributed by atoms with E-state index in [2.05, 4.69) is 19.6 Å². The maximum atomic E-state index is 12.1. The van der Waals surface area contributed by atoms with Crippen LogP contribution in [-0.2, 0) is 4.79 Å². The third-order valence-electron chi connectivity index (χ3n) is 2.88. The summed E-state index contributed by atoms with van der Waals surface area (Å²) in [6.07, 6.45) is 2.04. The first-order valence-electron chi connectivity index (χ1n) is 5.57. The second-order valence-corrected chi connectivity index (χ2v) is 4.44. The first kappa shape index (κ1) is 12.7. The molecule has 0 aromatic rings. The predicted octanol–water partition coefficient (Wildman–Crippen LogP) is 0.865. The average Bonchev–Trinajstić information content (AvgIpc) is 2.32. The Bertz CT molecular complexity index is 308. The second-order valence-electron chi connectivity index (χ2n) is 4.44. The van der Waals surface area contributed by atoms with Crippen LogP contribution in [0.5, 0.6) is 0 Å². The number of likely N-dealkylation sites (N-methyl/N-ethyl adjacent to an activating group) is 1. The molecule has 2 atom stereocenters. The summed E-state index contributed by atoms with van der Waals surface area (Å²) in [5.74, 6) is 0.477. The molecule has 1 rings (SSSR count). The predicted molar refractivity (Wildman–Crippen MR) is 62.6 cm³/mol. The van der Waals surface area contributed by atoms with Crippen LogP contribution in [0.15, 0.2) is 12.7 Å². The molecule has 1 fully saturated rings. The lowest BCUT2D eigenvalue weighted by Gasteiger charge is -2.27. The molecule has 0 bridgehead atoms. The average molecular weight is 221 g/mol. The third kappa shape index (κ3) is 2.83. The van der Waals surface area contributed by atoms with Crippen molar-refractivity contribution >= 4 is 5.91 Å². The summed E-state index contributed by atoms with van der Waals surface area (Å²) in [7, 11) is 1.81. The molecule has 1 amide bonds. The SMILES string of the molecule is C=CCN1CC(C)CN(C)C(=O)C1CC#N. The minimum Gasteiger partial charge on any atom is -0.344 e. The van der Waals surface area contributed by atoms with E-state index in [1.807, 2.05) is 4.90 Å². The van der Waals surface area contributed by atoms with E-state index >= 15 is 0 Å². The van der Waals surface area contributed by atoms with E-state index in [1.165, 1.54) is 0 Å². The number of carbonyl (C=O) groups is 1. The highest BCUT2D eigenvalue weighted by molar-refractivity contribution is 5.82. The van der Waals surface area contributed by atoms with Crippen LogP contribution in [0.4, 0.5) is 0 Å². The van der Waals surface area contributed by atoms with Gasteiger partial charge in [0, 0.05) is 26.7 Å². The maximum Gasteiger partial charge on any atom is 0.240 e. The topological polar surface area (TPSA) is 47.3 Å². The summed E-state index contributed by atoms with van der Waals surface area (Å²) >= 11 is 0. The Kier molecular flexibility index (Phi) is 4.51. The largest absolute Gasteiger partial charge is 0.344 e. The smallest absolute Gasteiger partial charge is 0.240 e. The highest BCUT2D eigenvalue weighted by Gasteiger charge is 2.32. The highest BCUT2D eigenvalue weighted by atomic mass is 16.2. The minimum absolute atomic E-state index is 0.0488. The van der Waals surface area contributed by atoms with Crippen molar-refractivity contribution in [1.29, 1.82) is 5.26 Å². The van der Waals surface area contributed by atoms with Gasteiger partial charge in [-0.25, -0.2) is 0 Å². The van der Waals surface area contributed by atoms with Crippen molar-refractivity contribution in [3.8, 4) is 6.07 Å². The van der Waals surface area contributed by atoms with Crippen LogP contribution in [0.3, 0.4) is 0 Å². The molecule has 4 heteroatoms. The van der Waals surface area contributed by atoms with Crippen molar-refractivity contribution in [2.45, 2.75) is 19.4 Å². The van der Waals surface area contributed by atoms with Gasteiger partial charge in [-0.1, -0.05) is 13.0 Å². The van der Waals surface area contributed by atoms with Gasteiger partial charge in [0.05, 0.1) is 12.5 Å². The van der Waals surface area contributed by atoms with E-state index < -0.39 is 0 Å². The van der Waals surface area contributed by atoms with Gasteiger partial charge in [0.25, 0.3) is 0 Å². The summed E-state index contributed by atoms with van der Waals surface area (Å²) in [5.41, 5.74) is 0. The molecule has 2 unspecified atom stereocenters. The monoisotopic (exact) mass is 221 g/mol. The van der Waals surface area contributed by atoms with Crippen LogP contribution in [0.25, 0.3) is 0 Å². The van der Waals surface area contributed by atoms with Gasteiger partial charge >= 0.3 is 0 Å². The number of nitrogens with zero attached hydrogens (tertiary/aromatic N) is 3. The maximum absolute atomic E-state index is 12.1. The van der Waals surface area contributed by atoms with Crippen molar-refractivity contribution in [1.82, 2.24) is 9.80 Å². The first-order valence-corrected chi connectivity index (χ1v) is 5.57. The molecule has 0 spiro atoms. The van der Waals surface area contributed by atoms with Crippen molar-refractivity contribution in [3.05, 3.63) is 12.7 Å². The lowest BCUT2D eigenvalue weighted by molar-refractivity contribution is -0.133. The van der Waals surface area contributed by atoms with E-state index in [0.717, 1.165) is 13.1 Å². The van der Waals surface area contributed by atoms with Crippen LogP contribution in [0.2, 0.25) is 0 Å². The van der Waals surface area contributed by atoms with Crippen LogP contribution >= 0.6 is 0 Å². The second kappa shape index (κ2) is 5.66. The Labute approximate surface area is 97.1 Å². The summed E-state index contributed by atoms with van der Waals surface area (Å²) in [6, 6.07) is 1.79. The van der Waals surface area contributed by atoms with Crippen molar-refractivity contribution in [2.75, 3.05) is 26.7 Å². The van der Waals surface area contributed by atoms with Crippen LogP contribution in [-0.4, -0.2) is 48.4 Å². The normalized spacial score (nSPS) is 27.3. The molecule has 1 heterocycles. The molecule has 1 saturated heterocycles. The van der Waals surface area contributed by atoms with Gasteiger partial charge in [0.2, 0.25) is 5.91 Å². The molecule has 0 radical (unpaired) electrons. The van der Waals surface area contributed by atoms with Crippen molar-refractivity contribution in [2.24, 2.45) is 5.92 Å². The van der Waals surface area contributed by atoms with Gasteiger partial charge in [-0.15, -0.1) is 6.58 Å². The minimum atomic E-state index is -0.307. The molecule has 0 aromatic carbocycles. The van der Waals surface area contributed by atoms with Crippen LogP contribution < -0.4 is 0 Å². The third-order valence-corrected chi connectivity index (χ3v) is 2.88. The Morgan fingerprint density at radius 1 is 1.62 bits per heavy atom. The molecule has 16 heavy (non-hydrogen) atoms. The number of hydrogen-bond acceptors (Lipinski definition) is 3. The summed E-state index contributed by atoms with van der Waals surface area (Å²) in [4.78, 5) is 15.8. The fourth-order valence-corrected chi connectivity index (χ4v) is 2.22. The van der Waals surface area contributed by atoms with E-state index in [9.17, 15) is 4.79 Å². The fourth-order valence-electron chi connectivity index (χ4n) is 2.22. The van der Waals surface area contributed by atoms with Gasteiger partial charge in [0.1, 0.15) is 6.04 Å². The zero-order valence-electron chi connectivity index (χ0n) is 10.0. The number of rotatable bonds is 3. The molecule has 0 aliphatic carbocycles. The number of carbonyl (C=O) groups excluding carboxylic acids is 1. The Balaban J connectivity index is 2.89. The van der Waals surface area contributed by atoms with Crippen LogP contribution in [0.1, 0.15) is 13.3 Å². The summed E-state index contributed by atoms with van der Waals surface area (Å²) in [6.45, 7) is 8.08. The molecule has 4 nitrogen and oxygen atoms in total.